The van der Waals surface area contributed by atoms with Gasteiger partial charge in [0.15, 0.2) is 0 Å². The van der Waals surface area contributed by atoms with Crippen molar-refractivity contribution in [1.29, 1.82) is 0 Å². The lowest BCUT2D eigenvalue weighted by molar-refractivity contribution is 0.0936. The Balaban J connectivity index is 1.11. The molecule has 1 amide bonds. The number of aromatic nitrogens is 4. The number of hydrogen-bond acceptors (Lipinski definition) is 6. The fourth-order valence-corrected chi connectivity index (χ4v) is 5.04. The van der Waals surface area contributed by atoms with Gasteiger partial charge in [0.1, 0.15) is 11.6 Å². The molecule has 164 valence electrons. The number of nitrogens with one attached hydrogen (secondary N) is 1. The number of carbonyl (C=O) groups is 1. The first kappa shape index (κ1) is 19.3. The Morgan fingerprint density at radius 3 is 2.91 bits per heavy atom. The Morgan fingerprint density at radius 1 is 1.28 bits per heavy atom. The number of amides is 1. The number of aryl methyl sites for hydroxylation is 1. The average molecular weight is 430 g/mol. The number of nitrogen functional groups attached to an aromatic ring is 1. The molecule has 8 heteroatoms. The minimum atomic E-state index is -0.124. The van der Waals surface area contributed by atoms with Crippen LogP contribution in [-0.2, 0) is 13.0 Å². The van der Waals surface area contributed by atoms with Crippen molar-refractivity contribution < 1.29 is 4.79 Å². The van der Waals surface area contributed by atoms with Crippen LogP contribution in [-0.4, -0.2) is 38.7 Å². The molecule has 8 nitrogen and oxygen atoms in total. The highest BCUT2D eigenvalue weighted by Gasteiger charge is 2.52. The third-order valence-electron chi connectivity index (χ3n) is 7.23. The Hall–Kier alpha value is -3.42. The first-order valence-corrected chi connectivity index (χ1v) is 11.3. The highest BCUT2D eigenvalue weighted by molar-refractivity contribution is 5.94. The maximum atomic E-state index is 12.8. The van der Waals surface area contributed by atoms with E-state index in [2.05, 4.69) is 32.4 Å². The lowest BCUT2D eigenvalue weighted by Crippen LogP contribution is -2.48. The Bertz CT molecular complexity index is 1200. The highest BCUT2D eigenvalue weighted by atomic mass is 16.1. The molecule has 1 atom stereocenters. The second-order valence-electron chi connectivity index (χ2n) is 9.53. The SMILES string of the molecule is Cc1nc(N2CC3(CC3)C2)ccc1Cn1cc(C(=O)NC2CCc3c2ccnc3N)cn1. The monoisotopic (exact) mass is 429 g/mol. The van der Waals surface area contributed by atoms with Crippen molar-refractivity contribution in [3.63, 3.8) is 0 Å². The van der Waals surface area contributed by atoms with Gasteiger partial charge in [-0.05, 0) is 61.4 Å². The normalized spacial score (nSPS) is 20.2. The number of fused-ring (bicyclic) bond motifs is 1. The van der Waals surface area contributed by atoms with E-state index in [9.17, 15) is 4.79 Å². The van der Waals surface area contributed by atoms with Crippen LogP contribution in [0.5, 0.6) is 0 Å². The molecule has 1 aliphatic heterocycles. The minimum absolute atomic E-state index is 0.0404. The van der Waals surface area contributed by atoms with E-state index in [1.807, 2.05) is 13.0 Å². The molecule has 1 saturated heterocycles. The standard InChI is InChI=1S/C24H27N7O/c1-15-16(2-5-21(28-15)30-13-24(14-30)7-8-24)11-31-12-17(10-27-31)23(32)29-20-4-3-19-18(20)6-9-26-22(19)25/h2,5-6,9-10,12,20H,3-4,7-8,11,13-14H2,1H3,(H2,25,26)(H,29,32). The van der Waals surface area contributed by atoms with Crippen LogP contribution in [0.2, 0.25) is 0 Å². The summed E-state index contributed by atoms with van der Waals surface area (Å²) in [7, 11) is 0. The largest absolute Gasteiger partial charge is 0.383 e. The van der Waals surface area contributed by atoms with Crippen LogP contribution >= 0.6 is 0 Å². The summed E-state index contributed by atoms with van der Waals surface area (Å²) in [6.07, 6.45) is 9.53. The van der Waals surface area contributed by atoms with Gasteiger partial charge in [-0.2, -0.15) is 5.10 Å². The van der Waals surface area contributed by atoms with Gasteiger partial charge in [0.2, 0.25) is 0 Å². The molecule has 2 aliphatic carbocycles. The second kappa shape index (κ2) is 7.05. The second-order valence-corrected chi connectivity index (χ2v) is 9.53. The fourth-order valence-electron chi connectivity index (χ4n) is 5.04. The van der Waals surface area contributed by atoms with Crippen LogP contribution in [0.15, 0.2) is 36.8 Å². The highest BCUT2D eigenvalue weighted by Crippen LogP contribution is 2.53. The topological polar surface area (TPSA) is 102 Å². The minimum Gasteiger partial charge on any atom is -0.383 e. The van der Waals surface area contributed by atoms with E-state index in [0.717, 1.165) is 54.1 Å². The number of carbonyl (C=O) groups excluding carboxylic acids is 1. The summed E-state index contributed by atoms with van der Waals surface area (Å²) in [5.41, 5.74) is 11.4. The summed E-state index contributed by atoms with van der Waals surface area (Å²) in [6, 6.07) is 6.14. The molecule has 0 bridgehead atoms. The number of nitrogens with two attached hydrogens (primary N) is 1. The smallest absolute Gasteiger partial charge is 0.254 e. The molecule has 3 N–H and O–H groups in total. The van der Waals surface area contributed by atoms with Crippen molar-refractivity contribution in [1.82, 2.24) is 25.1 Å². The third-order valence-corrected chi connectivity index (χ3v) is 7.23. The van der Waals surface area contributed by atoms with E-state index in [0.29, 0.717) is 23.3 Å². The van der Waals surface area contributed by atoms with E-state index < -0.39 is 0 Å². The molecule has 0 radical (unpaired) electrons. The first-order valence-electron chi connectivity index (χ1n) is 11.3. The number of rotatable bonds is 5. The van der Waals surface area contributed by atoms with Crippen LogP contribution in [0.3, 0.4) is 0 Å². The zero-order valence-electron chi connectivity index (χ0n) is 18.2. The summed E-state index contributed by atoms with van der Waals surface area (Å²) in [6.45, 7) is 4.92. The molecule has 1 unspecified atom stereocenters. The van der Waals surface area contributed by atoms with E-state index in [1.165, 1.54) is 12.8 Å². The van der Waals surface area contributed by atoms with Crippen molar-refractivity contribution >= 4 is 17.5 Å². The Morgan fingerprint density at radius 2 is 2.12 bits per heavy atom. The van der Waals surface area contributed by atoms with Crippen LogP contribution in [0.1, 0.15) is 58.0 Å². The molecule has 3 aromatic rings. The van der Waals surface area contributed by atoms with E-state index in [1.54, 1.807) is 23.3 Å². The molecule has 1 spiro atoms. The lowest BCUT2D eigenvalue weighted by atomic mass is 9.97. The van der Waals surface area contributed by atoms with Crippen molar-refractivity contribution in [2.75, 3.05) is 23.7 Å². The summed E-state index contributed by atoms with van der Waals surface area (Å²) in [4.78, 5) is 24.1. The van der Waals surface area contributed by atoms with Crippen molar-refractivity contribution in [3.05, 3.63) is 64.7 Å². The first-order chi connectivity index (χ1) is 15.5. The molecular weight excluding hydrogens is 402 g/mol. The predicted octanol–water partition coefficient (Wildman–Crippen LogP) is 2.63. The molecule has 4 heterocycles. The molecule has 0 aromatic carbocycles. The number of nitrogens with zero attached hydrogens (tertiary/aromatic N) is 5. The zero-order chi connectivity index (χ0) is 21.9. The summed E-state index contributed by atoms with van der Waals surface area (Å²) in [5.74, 6) is 1.50. The molecule has 2 fully saturated rings. The number of pyridine rings is 2. The van der Waals surface area contributed by atoms with Gasteiger partial charge >= 0.3 is 0 Å². The van der Waals surface area contributed by atoms with Crippen LogP contribution in [0.4, 0.5) is 11.6 Å². The lowest BCUT2D eigenvalue weighted by Gasteiger charge is -2.41. The van der Waals surface area contributed by atoms with E-state index in [4.69, 9.17) is 10.7 Å². The predicted molar refractivity (Wildman–Crippen MR) is 121 cm³/mol. The van der Waals surface area contributed by atoms with E-state index >= 15 is 0 Å². The number of hydrogen-bond donors (Lipinski definition) is 2. The fraction of sp³-hybridized carbons (Fsp3) is 0.417. The Kier molecular flexibility index (Phi) is 4.25. The van der Waals surface area contributed by atoms with Gasteiger partial charge < -0.3 is 16.0 Å². The van der Waals surface area contributed by atoms with Crippen LogP contribution < -0.4 is 16.0 Å². The molecule has 1 saturated carbocycles. The molecular formula is C24H27N7O. The quantitative estimate of drug-likeness (QED) is 0.646. The van der Waals surface area contributed by atoms with Gasteiger partial charge in [-0.25, -0.2) is 9.97 Å². The zero-order valence-corrected chi connectivity index (χ0v) is 18.2. The van der Waals surface area contributed by atoms with Crippen molar-refractivity contribution in [2.45, 2.75) is 45.2 Å². The van der Waals surface area contributed by atoms with E-state index in [-0.39, 0.29) is 11.9 Å². The van der Waals surface area contributed by atoms with Gasteiger partial charge in [0.25, 0.3) is 5.91 Å². The van der Waals surface area contributed by atoms with Gasteiger partial charge in [0, 0.05) is 36.6 Å². The van der Waals surface area contributed by atoms with Gasteiger partial charge in [-0.1, -0.05) is 6.07 Å². The average Bonchev–Trinajstić information content (AvgIpc) is 3.25. The summed E-state index contributed by atoms with van der Waals surface area (Å²) >= 11 is 0. The van der Waals surface area contributed by atoms with Gasteiger partial charge in [-0.3, -0.25) is 9.48 Å². The van der Waals surface area contributed by atoms with Crippen LogP contribution in [0, 0.1) is 12.3 Å². The molecule has 6 rings (SSSR count). The number of anilines is 2. The Labute approximate surface area is 186 Å². The molecule has 3 aliphatic rings. The third kappa shape index (κ3) is 3.30. The van der Waals surface area contributed by atoms with Gasteiger partial charge in [-0.15, -0.1) is 0 Å². The molecule has 3 aromatic heterocycles. The molecule has 32 heavy (non-hydrogen) atoms. The summed E-state index contributed by atoms with van der Waals surface area (Å²) in [5, 5.41) is 7.52. The maximum absolute atomic E-state index is 12.8. The maximum Gasteiger partial charge on any atom is 0.254 e. The summed E-state index contributed by atoms with van der Waals surface area (Å²) < 4.78 is 1.80. The van der Waals surface area contributed by atoms with Crippen molar-refractivity contribution in [2.24, 2.45) is 5.41 Å². The van der Waals surface area contributed by atoms with Crippen molar-refractivity contribution in [3.8, 4) is 0 Å². The van der Waals surface area contributed by atoms with Gasteiger partial charge in [0.05, 0.1) is 24.3 Å². The van der Waals surface area contributed by atoms with Crippen LogP contribution in [0.25, 0.3) is 0 Å².